The minimum absolute atomic E-state index is 0.148. The smallest absolute Gasteiger partial charge is 0.294 e. The van der Waals surface area contributed by atoms with Gasteiger partial charge in [0, 0.05) is 42.6 Å². The second kappa shape index (κ2) is 8.03. The van der Waals surface area contributed by atoms with Gasteiger partial charge < -0.3 is 9.47 Å². The molecular weight excluding hydrogens is 388 g/mol. The Kier molecular flexibility index (Phi) is 5.46. The molecule has 0 atom stereocenters. The first-order valence-electron chi connectivity index (χ1n) is 10.2. The van der Waals surface area contributed by atoms with E-state index < -0.39 is 0 Å². The lowest BCUT2D eigenvalue weighted by Crippen LogP contribution is -2.31. The van der Waals surface area contributed by atoms with Crippen molar-refractivity contribution < 1.29 is 4.79 Å². The summed E-state index contributed by atoms with van der Waals surface area (Å²) >= 11 is 6.44. The molecule has 0 spiro atoms. The van der Waals surface area contributed by atoms with Gasteiger partial charge in [-0.2, -0.15) is 0 Å². The van der Waals surface area contributed by atoms with E-state index in [1.165, 1.54) is 0 Å². The highest BCUT2D eigenvalue weighted by Gasteiger charge is 2.26. The van der Waals surface area contributed by atoms with Crippen LogP contribution in [0.25, 0.3) is 16.9 Å². The maximum absolute atomic E-state index is 13.3. The van der Waals surface area contributed by atoms with Crippen LogP contribution in [0.5, 0.6) is 0 Å². The van der Waals surface area contributed by atoms with Crippen molar-refractivity contribution >= 4 is 23.2 Å². The molecule has 1 fully saturated rings. The van der Waals surface area contributed by atoms with Crippen LogP contribution in [0, 0.1) is 5.92 Å². The minimum Gasteiger partial charge on any atom is -0.338 e. The first-order chi connectivity index (χ1) is 14.0. The molecule has 2 aromatic heterocycles. The Hall–Kier alpha value is -2.60. The van der Waals surface area contributed by atoms with E-state index in [1.807, 2.05) is 44.3 Å². The van der Waals surface area contributed by atoms with Crippen molar-refractivity contribution in [2.24, 2.45) is 5.92 Å². The number of fused-ring (bicyclic) bond motifs is 1. The molecule has 1 aromatic carbocycles. The third kappa shape index (κ3) is 3.81. The summed E-state index contributed by atoms with van der Waals surface area (Å²) in [6.07, 6.45) is 6.64. The van der Waals surface area contributed by atoms with Gasteiger partial charge in [-0.3, -0.25) is 14.0 Å². The summed E-state index contributed by atoms with van der Waals surface area (Å²) in [6.45, 7) is 5.90. The summed E-state index contributed by atoms with van der Waals surface area (Å²) in [7, 11) is 0. The number of benzene rings is 1. The fraction of sp³-hybridized carbons (Fsp3) is 0.409. The monoisotopic (exact) mass is 412 g/mol. The highest BCUT2D eigenvalue weighted by atomic mass is 35.5. The molecule has 6 nitrogen and oxygen atoms in total. The summed E-state index contributed by atoms with van der Waals surface area (Å²) in [6, 6.07) is 7.51. The van der Waals surface area contributed by atoms with Crippen LogP contribution >= 0.6 is 11.6 Å². The first kappa shape index (κ1) is 19.7. The number of rotatable bonds is 7. The van der Waals surface area contributed by atoms with E-state index >= 15 is 0 Å². The summed E-state index contributed by atoms with van der Waals surface area (Å²) in [5.74, 6) is 0.359. The van der Waals surface area contributed by atoms with Crippen molar-refractivity contribution in [1.82, 2.24) is 18.9 Å². The van der Waals surface area contributed by atoms with E-state index in [0.29, 0.717) is 36.3 Å². The molecule has 29 heavy (non-hydrogen) atoms. The molecule has 0 saturated heterocycles. The summed E-state index contributed by atoms with van der Waals surface area (Å²) in [5.41, 5.74) is 1.94. The maximum atomic E-state index is 13.3. The molecule has 1 amide bonds. The Morgan fingerprint density at radius 1 is 1.24 bits per heavy atom. The van der Waals surface area contributed by atoms with Crippen LogP contribution in [-0.4, -0.2) is 37.8 Å². The van der Waals surface area contributed by atoms with Crippen molar-refractivity contribution in [3.63, 3.8) is 0 Å². The molecule has 0 unspecified atom stereocenters. The Morgan fingerprint density at radius 2 is 2.00 bits per heavy atom. The highest BCUT2D eigenvalue weighted by Crippen LogP contribution is 2.33. The number of carbonyl (C=O) groups is 1. The average Bonchev–Trinajstić information content (AvgIpc) is 3.44. The lowest BCUT2D eigenvalue weighted by Gasteiger charge is -2.18. The van der Waals surface area contributed by atoms with Gasteiger partial charge in [-0.05, 0) is 38.2 Å². The first-order valence-corrected chi connectivity index (χ1v) is 10.6. The quantitative estimate of drug-likeness (QED) is 0.587. The van der Waals surface area contributed by atoms with Crippen molar-refractivity contribution in [1.29, 1.82) is 0 Å². The molecule has 0 aliphatic heterocycles. The van der Waals surface area contributed by atoms with E-state index in [4.69, 9.17) is 11.6 Å². The average molecular weight is 413 g/mol. The Balaban J connectivity index is 1.86. The zero-order valence-corrected chi connectivity index (χ0v) is 17.5. The molecule has 2 heterocycles. The number of hydrogen-bond acceptors (Lipinski definition) is 3. The highest BCUT2D eigenvalue weighted by molar-refractivity contribution is 6.33. The van der Waals surface area contributed by atoms with Crippen molar-refractivity contribution in [2.75, 3.05) is 13.1 Å². The lowest BCUT2D eigenvalue weighted by atomic mass is 10.1. The van der Waals surface area contributed by atoms with Crippen LogP contribution in [0.3, 0.4) is 0 Å². The van der Waals surface area contributed by atoms with Crippen molar-refractivity contribution in [3.05, 3.63) is 57.7 Å². The summed E-state index contributed by atoms with van der Waals surface area (Å²) < 4.78 is 3.43. The van der Waals surface area contributed by atoms with Gasteiger partial charge in [0.1, 0.15) is 5.69 Å². The van der Waals surface area contributed by atoms with Gasteiger partial charge in [0.05, 0.1) is 5.69 Å². The Morgan fingerprint density at radius 3 is 2.66 bits per heavy atom. The van der Waals surface area contributed by atoms with Crippen LogP contribution in [0.15, 0.2) is 41.5 Å². The summed E-state index contributed by atoms with van der Waals surface area (Å²) in [4.78, 5) is 32.3. The second-order valence-corrected chi connectivity index (χ2v) is 8.00. The van der Waals surface area contributed by atoms with E-state index in [2.05, 4.69) is 4.98 Å². The van der Waals surface area contributed by atoms with Crippen LogP contribution < -0.4 is 5.56 Å². The molecule has 0 N–H and O–H groups in total. The van der Waals surface area contributed by atoms with E-state index in [-0.39, 0.29) is 17.1 Å². The predicted molar refractivity (Wildman–Crippen MR) is 114 cm³/mol. The topological polar surface area (TPSA) is 59.6 Å². The lowest BCUT2D eigenvalue weighted by molar-refractivity contribution is 0.0759. The van der Waals surface area contributed by atoms with Crippen molar-refractivity contribution in [3.8, 4) is 11.3 Å². The molecule has 4 rings (SSSR count). The molecule has 1 aliphatic carbocycles. The number of carbonyl (C=O) groups excluding carboxylic acids is 1. The standard InChI is InChI=1S/C22H25ClN4O2/c1-3-11-25(4-2)21(28)18-13-26-14-19(16-7-5-6-8-17(16)23)27(12-15-9-10-15)22(29)20(26)24-18/h5-8,13-15H,3-4,9-12H2,1-2H3. The number of hydrogen-bond donors (Lipinski definition) is 0. The Bertz CT molecular complexity index is 1110. The van der Waals surface area contributed by atoms with Gasteiger partial charge in [-0.15, -0.1) is 0 Å². The van der Waals surface area contributed by atoms with Gasteiger partial charge >= 0.3 is 0 Å². The molecule has 0 radical (unpaired) electrons. The molecular formula is C22H25ClN4O2. The minimum atomic E-state index is -0.188. The predicted octanol–water partition coefficient (Wildman–Crippen LogP) is 4.10. The zero-order valence-electron chi connectivity index (χ0n) is 16.8. The summed E-state index contributed by atoms with van der Waals surface area (Å²) in [5, 5.41) is 0.590. The van der Waals surface area contributed by atoms with Crippen LogP contribution in [0.4, 0.5) is 0 Å². The van der Waals surface area contributed by atoms with Gasteiger partial charge in [0.25, 0.3) is 11.5 Å². The fourth-order valence-corrected chi connectivity index (χ4v) is 3.88. The fourth-order valence-electron chi connectivity index (χ4n) is 3.64. The largest absolute Gasteiger partial charge is 0.338 e. The molecule has 0 bridgehead atoms. The number of imidazole rings is 1. The second-order valence-electron chi connectivity index (χ2n) is 7.60. The molecule has 3 aromatic rings. The van der Waals surface area contributed by atoms with Gasteiger partial charge in [-0.25, -0.2) is 4.98 Å². The normalized spacial score (nSPS) is 13.8. The Labute approximate surface area is 174 Å². The van der Waals surface area contributed by atoms with Crippen LogP contribution in [-0.2, 0) is 6.54 Å². The van der Waals surface area contributed by atoms with Gasteiger partial charge in [-0.1, -0.05) is 36.7 Å². The third-order valence-corrected chi connectivity index (χ3v) is 5.72. The zero-order chi connectivity index (χ0) is 20.5. The molecule has 152 valence electrons. The van der Waals surface area contributed by atoms with E-state index in [9.17, 15) is 9.59 Å². The number of aromatic nitrogens is 3. The van der Waals surface area contributed by atoms with Crippen LogP contribution in [0.1, 0.15) is 43.6 Å². The van der Waals surface area contributed by atoms with Gasteiger partial charge in [0.2, 0.25) is 5.65 Å². The van der Waals surface area contributed by atoms with E-state index in [1.54, 1.807) is 20.1 Å². The number of halogens is 1. The van der Waals surface area contributed by atoms with Crippen molar-refractivity contribution in [2.45, 2.75) is 39.7 Å². The maximum Gasteiger partial charge on any atom is 0.294 e. The van der Waals surface area contributed by atoms with Crippen LogP contribution in [0.2, 0.25) is 5.02 Å². The molecule has 7 heteroatoms. The number of nitrogens with zero attached hydrogens (tertiary/aromatic N) is 4. The molecule has 1 saturated carbocycles. The number of amides is 1. The van der Waals surface area contributed by atoms with E-state index in [0.717, 1.165) is 30.5 Å². The third-order valence-electron chi connectivity index (χ3n) is 5.39. The SMILES string of the molecule is CCCN(CC)C(=O)c1cn2cc(-c3ccccc3Cl)n(CC3CC3)c(=O)c2n1. The van der Waals surface area contributed by atoms with Gasteiger partial charge in [0.15, 0.2) is 0 Å². The molecule has 1 aliphatic rings.